The number of carbonyl (C=O) groups is 1. The zero-order valence-corrected chi connectivity index (χ0v) is 13.5. The van der Waals surface area contributed by atoms with Gasteiger partial charge in [0, 0.05) is 5.57 Å². The molecule has 1 unspecified atom stereocenters. The quantitative estimate of drug-likeness (QED) is 0.166. The van der Waals surface area contributed by atoms with Crippen LogP contribution in [-0.4, -0.2) is 49.9 Å². The molecule has 0 aliphatic heterocycles. The molecule has 0 aliphatic rings. The van der Waals surface area contributed by atoms with Crippen molar-refractivity contribution in [2.24, 2.45) is 0 Å². The summed E-state index contributed by atoms with van der Waals surface area (Å²) in [6.07, 6.45) is 1.96. The fourth-order valence-corrected chi connectivity index (χ4v) is 2.21. The van der Waals surface area contributed by atoms with Crippen LogP contribution in [0.2, 0.25) is 0 Å². The molecule has 1 N–H and O–H groups in total. The highest BCUT2D eigenvalue weighted by atomic mass is 31.2. The van der Waals surface area contributed by atoms with E-state index in [4.69, 9.17) is 13.9 Å². The van der Waals surface area contributed by atoms with Gasteiger partial charge in [-0.05, 0) is 26.2 Å². The van der Waals surface area contributed by atoms with E-state index >= 15 is 0 Å². The van der Waals surface area contributed by atoms with Crippen LogP contribution in [0.1, 0.15) is 26.2 Å². The average molecular weight is 310 g/mol. The molecule has 0 amide bonds. The zero-order valence-electron chi connectivity index (χ0n) is 12.6. The lowest BCUT2D eigenvalue weighted by Crippen LogP contribution is -2.33. The fourth-order valence-electron chi connectivity index (χ4n) is 1.18. The van der Waals surface area contributed by atoms with Crippen molar-refractivity contribution in [1.82, 2.24) is 0 Å². The van der Waals surface area contributed by atoms with E-state index in [1.807, 2.05) is 0 Å². The van der Waals surface area contributed by atoms with Crippen LogP contribution in [0.15, 0.2) is 12.2 Å². The van der Waals surface area contributed by atoms with Crippen molar-refractivity contribution < 1.29 is 32.8 Å². The number of hydroxylamine groups is 3. The first kappa shape index (κ1) is 19.3. The van der Waals surface area contributed by atoms with Gasteiger partial charge < -0.3 is 4.74 Å². The molecule has 0 saturated heterocycles. The Balaban J connectivity index is 3.65. The Bertz CT molecular complexity index is 377. The Morgan fingerprint density at radius 1 is 1.20 bits per heavy atom. The first-order chi connectivity index (χ1) is 9.03. The molecule has 0 saturated carbocycles. The first-order valence-electron chi connectivity index (χ1n) is 6.36. The third-order valence-corrected chi connectivity index (χ3v) is 3.18. The molecule has 0 aromatic heterocycles. The van der Waals surface area contributed by atoms with Crippen LogP contribution in [-0.2, 0) is 23.2 Å². The second kappa shape index (κ2) is 8.54. The number of esters is 1. The van der Waals surface area contributed by atoms with Crippen LogP contribution < -0.4 is 0 Å². The summed E-state index contributed by atoms with van der Waals surface area (Å²) in [6.45, 7) is 5.47. The minimum absolute atomic E-state index is 0.113. The van der Waals surface area contributed by atoms with Gasteiger partial charge in [-0.1, -0.05) is 11.2 Å². The Labute approximate surface area is 120 Å². The molecule has 0 rings (SSSR count). The van der Waals surface area contributed by atoms with Crippen molar-refractivity contribution >= 4 is 13.8 Å². The maximum Gasteiger partial charge on any atom is 0.518 e. The lowest BCUT2D eigenvalue weighted by molar-refractivity contribution is -1.04. The number of rotatable bonds is 10. The number of hydrogen-bond donors (Lipinski definition) is 1. The summed E-state index contributed by atoms with van der Waals surface area (Å²) in [5.41, 5.74) is 0.368. The average Bonchev–Trinajstić information content (AvgIpc) is 2.23. The molecule has 0 heterocycles. The maximum atomic E-state index is 11.5. The maximum absolute atomic E-state index is 11.5. The van der Waals surface area contributed by atoms with Gasteiger partial charge in [0.1, 0.15) is 0 Å². The van der Waals surface area contributed by atoms with Gasteiger partial charge in [-0.3, -0.25) is 9.42 Å². The molecule has 0 aromatic carbocycles. The lowest BCUT2D eigenvalue weighted by Gasteiger charge is -2.22. The summed E-state index contributed by atoms with van der Waals surface area (Å²) < 4.78 is 26.0. The predicted octanol–water partition coefficient (Wildman–Crippen LogP) is 2.03. The molecule has 0 aliphatic carbocycles. The molecular formula is C12H25NO6P+. The Morgan fingerprint density at radius 2 is 1.75 bits per heavy atom. The molecule has 0 fully saturated rings. The molecule has 0 radical (unpaired) electrons. The zero-order chi connectivity index (χ0) is 15.8. The normalized spacial score (nSPS) is 14.7. The smallest absolute Gasteiger partial charge is 0.462 e. The minimum atomic E-state index is -4.02. The van der Waals surface area contributed by atoms with Crippen molar-refractivity contribution in [2.75, 3.05) is 34.4 Å². The molecule has 1 atom stereocenters. The fraction of sp³-hybridized carbons (Fsp3) is 0.750. The third kappa shape index (κ3) is 11.1. The van der Waals surface area contributed by atoms with Crippen molar-refractivity contribution in [2.45, 2.75) is 26.2 Å². The molecule has 8 heteroatoms. The van der Waals surface area contributed by atoms with E-state index in [0.29, 0.717) is 31.4 Å². The Morgan fingerprint density at radius 3 is 2.25 bits per heavy atom. The van der Waals surface area contributed by atoms with Crippen molar-refractivity contribution in [1.29, 1.82) is 0 Å². The topological polar surface area (TPSA) is 82.1 Å². The minimum Gasteiger partial charge on any atom is -0.462 e. The van der Waals surface area contributed by atoms with E-state index in [1.54, 1.807) is 28.1 Å². The van der Waals surface area contributed by atoms with Crippen LogP contribution >= 0.6 is 7.82 Å². The Hall–Kier alpha value is -0.720. The number of phosphoric ester groups is 1. The van der Waals surface area contributed by atoms with Crippen LogP contribution in [0, 0.1) is 0 Å². The number of ether oxygens (including phenoxy) is 1. The van der Waals surface area contributed by atoms with Gasteiger partial charge in [-0.25, -0.2) is 9.36 Å². The highest BCUT2D eigenvalue weighted by Crippen LogP contribution is 2.45. The van der Waals surface area contributed by atoms with Gasteiger partial charge in [-0.2, -0.15) is 4.65 Å². The lowest BCUT2D eigenvalue weighted by atomic mass is 10.2. The summed E-state index contributed by atoms with van der Waals surface area (Å²) >= 11 is 0. The number of nitrogens with zero attached hydrogens (tertiary/aromatic N) is 1. The van der Waals surface area contributed by atoms with Gasteiger partial charge in [0.2, 0.25) is 0 Å². The Kier molecular flexibility index (Phi) is 8.23. The number of phosphoric acid groups is 1. The van der Waals surface area contributed by atoms with E-state index < -0.39 is 13.8 Å². The van der Waals surface area contributed by atoms with E-state index in [0.717, 1.165) is 0 Å². The van der Waals surface area contributed by atoms with Crippen LogP contribution in [0.5, 0.6) is 0 Å². The number of unbranched alkanes of at least 4 members (excludes halogenated alkanes) is 2. The van der Waals surface area contributed by atoms with Gasteiger partial charge in [0.05, 0.1) is 34.4 Å². The standard InChI is InChI=1S/C12H24NO6P/c1-11(2)12(14)17-9-7-6-8-10-18-20(15,16)19-13(3,4)5/h1,6-10H2,2-5H3/p+1. The highest BCUT2D eigenvalue weighted by Gasteiger charge is 2.30. The monoisotopic (exact) mass is 310 g/mol. The van der Waals surface area contributed by atoms with Gasteiger partial charge >= 0.3 is 13.8 Å². The van der Waals surface area contributed by atoms with E-state index in [1.165, 1.54) is 0 Å². The molecule has 20 heavy (non-hydrogen) atoms. The van der Waals surface area contributed by atoms with Crippen molar-refractivity contribution in [3.8, 4) is 0 Å². The molecule has 0 aromatic rings. The van der Waals surface area contributed by atoms with E-state index in [2.05, 4.69) is 6.58 Å². The predicted molar refractivity (Wildman–Crippen MR) is 74.5 cm³/mol. The number of quaternary nitrogens is 1. The largest absolute Gasteiger partial charge is 0.518 e. The molecule has 118 valence electrons. The second-order valence-corrected chi connectivity index (χ2v) is 6.61. The summed E-state index contributed by atoms with van der Waals surface area (Å²) in [6, 6.07) is 0. The van der Waals surface area contributed by atoms with Gasteiger partial charge in [0.15, 0.2) is 0 Å². The molecule has 0 spiro atoms. The number of carbonyl (C=O) groups excluding carboxylic acids is 1. The van der Waals surface area contributed by atoms with Crippen LogP contribution in [0.25, 0.3) is 0 Å². The summed E-state index contributed by atoms with van der Waals surface area (Å²) in [5, 5.41) is 0. The summed E-state index contributed by atoms with van der Waals surface area (Å²) in [5.74, 6) is -0.405. The highest BCUT2D eigenvalue weighted by molar-refractivity contribution is 7.47. The SMILES string of the molecule is C=C(C)C(=O)OCCCCCOP(=O)(O)O[N+](C)(C)C. The van der Waals surface area contributed by atoms with Crippen LogP contribution in [0.4, 0.5) is 0 Å². The summed E-state index contributed by atoms with van der Waals surface area (Å²) in [4.78, 5) is 20.5. The molecular weight excluding hydrogens is 285 g/mol. The summed E-state index contributed by atoms with van der Waals surface area (Å²) in [7, 11) is 0.817. The molecule has 7 nitrogen and oxygen atoms in total. The second-order valence-electron chi connectivity index (χ2n) is 5.25. The molecule has 0 bridgehead atoms. The van der Waals surface area contributed by atoms with E-state index in [9.17, 15) is 14.3 Å². The van der Waals surface area contributed by atoms with Crippen LogP contribution in [0.3, 0.4) is 0 Å². The van der Waals surface area contributed by atoms with Crippen molar-refractivity contribution in [3.63, 3.8) is 0 Å². The first-order valence-corrected chi connectivity index (χ1v) is 7.86. The third-order valence-electron chi connectivity index (χ3n) is 1.97. The van der Waals surface area contributed by atoms with E-state index in [-0.39, 0.29) is 11.3 Å². The number of hydrogen-bond acceptors (Lipinski definition) is 5. The van der Waals surface area contributed by atoms with Crippen molar-refractivity contribution in [3.05, 3.63) is 12.2 Å². The van der Waals surface area contributed by atoms with Gasteiger partial charge in [0.25, 0.3) is 0 Å². The van der Waals surface area contributed by atoms with Gasteiger partial charge in [-0.15, -0.1) is 0 Å².